The Balaban J connectivity index is 1.31. The quantitative estimate of drug-likeness (QED) is 0.757. The summed E-state index contributed by atoms with van der Waals surface area (Å²) in [5, 5.41) is 3.70. The number of likely N-dealkylation sites (tertiary alicyclic amines) is 2. The smallest absolute Gasteiger partial charge is 0.00683 e. The highest BCUT2D eigenvalue weighted by atomic mass is 15.2. The largest absolute Gasteiger partial charge is 0.314 e. The molecule has 3 rings (SSSR count). The van der Waals surface area contributed by atoms with E-state index in [0.29, 0.717) is 0 Å². The highest BCUT2D eigenvalue weighted by Crippen LogP contribution is 2.22. The zero-order valence-electron chi connectivity index (χ0n) is 12.6. The molecule has 2 saturated heterocycles. The third-order valence-electron chi connectivity index (χ3n) is 4.98. The summed E-state index contributed by atoms with van der Waals surface area (Å²) in [5.74, 6) is 1.76. The molecule has 1 N–H and O–H groups in total. The lowest BCUT2D eigenvalue weighted by molar-refractivity contribution is 0.221. The number of nitrogens with zero attached hydrogens (tertiary/aromatic N) is 2. The Labute approximate surface area is 118 Å². The maximum atomic E-state index is 3.70. The van der Waals surface area contributed by atoms with E-state index in [1.807, 2.05) is 0 Å². The minimum absolute atomic E-state index is 0.841. The molecule has 3 nitrogen and oxygen atoms in total. The normalized spacial score (nSPS) is 31.1. The molecule has 3 fully saturated rings. The van der Waals surface area contributed by atoms with Gasteiger partial charge in [0.2, 0.25) is 0 Å². The van der Waals surface area contributed by atoms with E-state index in [1.54, 1.807) is 0 Å². The Kier molecular flexibility index (Phi) is 4.78. The van der Waals surface area contributed by atoms with E-state index in [4.69, 9.17) is 0 Å². The van der Waals surface area contributed by atoms with Crippen molar-refractivity contribution < 1.29 is 0 Å². The van der Waals surface area contributed by atoms with Crippen molar-refractivity contribution in [2.24, 2.45) is 11.8 Å². The molecule has 0 spiro atoms. The lowest BCUT2D eigenvalue weighted by Gasteiger charge is -2.25. The second-order valence-corrected chi connectivity index (χ2v) is 7.21. The minimum Gasteiger partial charge on any atom is -0.314 e. The topological polar surface area (TPSA) is 18.5 Å². The van der Waals surface area contributed by atoms with Gasteiger partial charge < -0.3 is 15.1 Å². The summed E-state index contributed by atoms with van der Waals surface area (Å²) < 4.78 is 0. The lowest BCUT2D eigenvalue weighted by Crippen LogP contribution is -2.34. The zero-order chi connectivity index (χ0) is 13.1. The fraction of sp³-hybridized carbons (Fsp3) is 1.00. The third-order valence-corrected chi connectivity index (χ3v) is 4.98. The van der Waals surface area contributed by atoms with Crippen molar-refractivity contribution in [1.29, 1.82) is 0 Å². The number of hydrogen-bond acceptors (Lipinski definition) is 3. The SMILES string of the molecule is CC(CN1CCCC1)CN1CCC(CNC2CC2)C1. The van der Waals surface area contributed by atoms with Crippen molar-refractivity contribution in [1.82, 2.24) is 15.1 Å². The average molecular weight is 265 g/mol. The second kappa shape index (κ2) is 6.55. The highest BCUT2D eigenvalue weighted by Gasteiger charge is 2.27. The molecule has 0 aromatic heterocycles. The van der Waals surface area contributed by atoms with Gasteiger partial charge in [-0.15, -0.1) is 0 Å². The van der Waals surface area contributed by atoms with Crippen molar-refractivity contribution in [2.45, 2.75) is 45.1 Å². The van der Waals surface area contributed by atoms with Crippen LogP contribution >= 0.6 is 0 Å². The van der Waals surface area contributed by atoms with E-state index in [9.17, 15) is 0 Å². The van der Waals surface area contributed by atoms with Gasteiger partial charge in [0.05, 0.1) is 0 Å². The van der Waals surface area contributed by atoms with E-state index in [0.717, 1.165) is 17.9 Å². The van der Waals surface area contributed by atoms with Crippen LogP contribution in [0.1, 0.15) is 39.0 Å². The third kappa shape index (κ3) is 4.44. The molecular weight excluding hydrogens is 234 g/mol. The molecule has 19 heavy (non-hydrogen) atoms. The van der Waals surface area contributed by atoms with Gasteiger partial charge in [-0.1, -0.05) is 6.92 Å². The Morgan fingerprint density at radius 2 is 1.74 bits per heavy atom. The molecule has 2 aliphatic heterocycles. The predicted octanol–water partition coefficient (Wildman–Crippen LogP) is 1.79. The molecule has 1 saturated carbocycles. The summed E-state index contributed by atoms with van der Waals surface area (Å²) in [4.78, 5) is 5.37. The van der Waals surface area contributed by atoms with E-state index >= 15 is 0 Å². The summed E-state index contributed by atoms with van der Waals surface area (Å²) >= 11 is 0. The van der Waals surface area contributed by atoms with Crippen LogP contribution in [0.4, 0.5) is 0 Å². The maximum absolute atomic E-state index is 3.70. The van der Waals surface area contributed by atoms with E-state index in [2.05, 4.69) is 22.0 Å². The Morgan fingerprint density at radius 3 is 2.47 bits per heavy atom. The van der Waals surface area contributed by atoms with E-state index in [1.165, 1.54) is 77.9 Å². The Hall–Kier alpha value is -0.120. The standard InChI is InChI=1S/C16H31N3/c1-14(11-18-7-2-3-8-18)12-19-9-6-15(13-19)10-17-16-4-5-16/h14-17H,2-13H2,1H3. The van der Waals surface area contributed by atoms with Crippen LogP contribution in [0.15, 0.2) is 0 Å². The Bertz CT molecular complexity index is 271. The van der Waals surface area contributed by atoms with Crippen LogP contribution in [0.5, 0.6) is 0 Å². The molecule has 0 bridgehead atoms. The molecule has 110 valence electrons. The van der Waals surface area contributed by atoms with Gasteiger partial charge in [-0.2, -0.15) is 0 Å². The fourth-order valence-corrected chi connectivity index (χ4v) is 3.77. The average Bonchev–Trinajstić information content (AvgIpc) is 2.88. The first-order valence-electron chi connectivity index (χ1n) is 8.47. The molecule has 3 aliphatic rings. The summed E-state index contributed by atoms with van der Waals surface area (Å²) in [6.45, 7) is 11.7. The van der Waals surface area contributed by atoms with Gasteiger partial charge in [0.15, 0.2) is 0 Å². The number of nitrogens with one attached hydrogen (secondary N) is 1. The lowest BCUT2D eigenvalue weighted by atomic mass is 10.1. The Morgan fingerprint density at radius 1 is 1.00 bits per heavy atom. The zero-order valence-corrected chi connectivity index (χ0v) is 12.6. The molecule has 3 heteroatoms. The van der Waals surface area contributed by atoms with Crippen LogP contribution in [0.2, 0.25) is 0 Å². The van der Waals surface area contributed by atoms with Crippen LogP contribution < -0.4 is 5.32 Å². The highest BCUT2D eigenvalue weighted by molar-refractivity contribution is 4.85. The first-order chi connectivity index (χ1) is 9.29. The van der Waals surface area contributed by atoms with Gasteiger partial charge in [0.1, 0.15) is 0 Å². The van der Waals surface area contributed by atoms with Gasteiger partial charge in [0, 0.05) is 25.7 Å². The second-order valence-electron chi connectivity index (χ2n) is 7.21. The van der Waals surface area contributed by atoms with Crippen molar-refractivity contribution in [3.63, 3.8) is 0 Å². The summed E-state index contributed by atoms with van der Waals surface area (Å²) in [7, 11) is 0. The summed E-state index contributed by atoms with van der Waals surface area (Å²) in [6.07, 6.45) is 7.10. The van der Waals surface area contributed by atoms with E-state index < -0.39 is 0 Å². The summed E-state index contributed by atoms with van der Waals surface area (Å²) in [5.41, 5.74) is 0. The molecule has 0 amide bonds. The molecule has 1 aliphatic carbocycles. The minimum atomic E-state index is 0.841. The van der Waals surface area contributed by atoms with Crippen molar-refractivity contribution in [3.8, 4) is 0 Å². The predicted molar refractivity (Wildman–Crippen MR) is 80.4 cm³/mol. The van der Waals surface area contributed by atoms with Crippen LogP contribution in [0.3, 0.4) is 0 Å². The van der Waals surface area contributed by atoms with Gasteiger partial charge in [-0.3, -0.25) is 0 Å². The van der Waals surface area contributed by atoms with Crippen molar-refractivity contribution in [3.05, 3.63) is 0 Å². The molecule has 2 heterocycles. The van der Waals surface area contributed by atoms with Crippen LogP contribution in [-0.2, 0) is 0 Å². The van der Waals surface area contributed by atoms with Gasteiger partial charge in [-0.25, -0.2) is 0 Å². The monoisotopic (exact) mass is 265 g/mol. The van der Waals surface area contributed by atoms with Crippen LogP contribution in [0.25, 0.3) is 0 Å². The molecule has 0 aromatic rings. The van der Waals surface area contributed by atoms with Gasteiger partial charge >= 0.3 is 0 Å². The van der Waals surface area contributed by atoms with Gasteiger partial charge in [-0.05, 0) is 70.1 Å². The molecule has 2 atom stereocenters. The van der Waals surface area contributed by atoms with Gasteiger partial charge in [0.25, 0.3) is 0 Å². The molecule has 0 radical (unpaired) electrons. The number of rotatable bonds is 7. The summed E-state index contributed by atoms with van der Waals surface area (Å²) in [6, 6.07) is 0.878. The van der Waals surface area contributed by atoms with Crippen molar-refractivity contribution >= 4 is 0 Å². The number of hydrogen-bond donors (Lipinski definition) is 1. The van der Waals surface area contributed by atoms with E-state index in [-0.39, 0.29) is 0 Å². The van der Waals surface area contributed by atoms with Crippen LogP contribution in [-0.4, -0.2) is 61.7 Å². The molecule has 0 aromatic carbocycles. The fourth-order valence-electron chi connectivity index (χ4n) is 3.77. The molecular formula is C16H31N3. The van der Waals surface area contributed by atoms with Crippen molar-refractivity contribution in [2.75, 3.05) is 45.8 Å². The maximum Gasteiger partial charge on any atom is 0.00683 e. The molecule has 2 unspecified atom stereocenters. The van der Waals surface area contributed by atoms with Crippen LogP contribution in [0, 0.1) is 11.8 Å². The first kappa shape index (κ1) is 13.8. The first-order valence-corrected chi connectivity index (χ1v) is 8.47.